The molecule has 0 aromatic heterocycles. The number of nitrogens with zero attached hydrogens (tertiary/aromatic N) is 3. The molecule has 1 saturated carbocycles. The Morgan fingerprint density at radius 3 is 2.87 bits per heavy atom. The molecule has 4 nitrogen and oxygen atoms in total. The minimum atomic E-state index is -0.0402. The van der Waals surface area contributed by atoms with Crippen LogP contribution in [-0.4, -0.2) is 47.9 Å². The van der Waals surface area contributed by atoms with E-state index in [-0.39, 0.29) is 11.9 Å². The smallest absolute Gasteiger partial charge is 0.236 e. The molecule has 4 heteroatoms. The number of likely N-dealkylation sites (tertiary alicyclic amines) is 1. The Balaban J connectivity index is 1.85. The molecule has 1 unspecified atom stereocenters. The molecule has 2 rings (SSSR count). The topological polar surface area (TPSA) is 47.3 Å². The first-order valence-electron chi connectivity index (χ1n) is 5.61. The van der Waals surface area contributed by atoms with Crippen LogP contribution in [0.25, 0.3) is 0 Å². The van der Waals surface area contributed by atoms with Crippen LogP contribution in [0.3, 0.4) is 0 Å². The molecule has 1 saturated heterocycles. The van der Waals surface area contributed by atoms with Crippen LogP contribution in [0.4, 0.5) is 0 Å². The van der Waals surface area contributed by atoms with Crippen molar-refractivity contribution in [3.8, 4) is 6.07 Å². The number of hydrogen-bond acceptors (Lipinski definition) is 3. The first kappa shape index (κ1) is 10.4. The summed E-state index contributed by atoms with van der Waals surface area (Å²) >= 11 is 0. The molecule has 0 radical (unpaired) electrons. The Morgan fingerprint density at radius 2 is 2.27 bits per heavy atom. The van der Waals surface area contributed by atoms with Gasteiger partial charge in [-0.05, 0) is 25.7 Å². The summed E-state index contributed by atoms with van der Waals surface area (Å²) in [6, 6.07) is 2.69. The zero-order valence-corrected chi connectivity index (χ0v) is 9.15. The molecule has 2 aliphatic rings. The van der Waals surface area contributed by atoms with Gasteiger partial charge in [0.1, 0.15) is 0 Å². The van der Waals surface area contributed by atoms with Crippen molar-refractivity contribution in [3.63, 3.8) is 0 Å². The fraction of sp³-hybridized carbons (Fsp3) is 0.818. The molecule has 0 bridgehead atoms. The Bertz CT molecular complexity index is 293. The van der Waals surface area contributed by atoms with E-state index in [4.69, 9.17) is 5.26 Å². The predicted molar refractivity (Wildman–Crippen MR) is 56.0 cm³/mol. The summed E-state index contributed by atoms with van der Waals surface area (Å²) in [6.45, 7) is 1.31. The Hall–Kier alpha value is -1.08. The van der Waals surface area contributed by atoms with Crippen molar-refractivity contribution in [2.24, 2.45) is 0 Å². The van der Waals surface area contributed by atoms with Gasteiger partial charge in [-0.3, -0.25) is 9.69 Å². The predicted octanol–water partition coefficient (Wildman–Crippen LogP) is 0.595. The molecular weight excluding hydrogens is 190 g/mol. The van der Waals surface area contributed by atoms with Gasteiger partial charge < -0.3 is 4.90 Å². The molecule has 0 N–H and O–H groups in total. The average molecular weight is 207 g/mol. The van der Waals surface area contributed by atoms with E-state index in [0.29, 0.717) is 12.6 Å². The van der Waals surface area contributed by atoms with E-state index < -0.39 is 0 Å². The molecule has 1 amide bonds. The van der Waals surface area contributed by atoms with Crippen molar-refractivity contribution in [2.45, 2.75) is 37.8 Å². The second kappa shape index (κ2) is 4.19. The monoisotopic (exact) mass is 207 g/mol. The summed E-state index contributed by atoms with van der Waals surface area (Å²) in [5.41, 5.74) is 0. The molecule has 0 aromatic carbocycles. The summed E-state index contributed by atoms with van der Waals surface area (Å²) in [6.07, 6.45) is 4.24. The fourth-order valence-electron chi connectivity index (χ4n) is 2.11. The summed E-state index contributed by atoms with van der Waals surface area (Å²) < 4.78 is 0. The van der Waals surface area contributed by atoms with Crippen molar-refractivity contribution in [2.75, 3.05) is 20.1 Å². The highest BCUT2D eigenvalue weighted by atomic mass is 16.2. The Kier molecular flexibility index (Phi) is 2.92. The standard InChI is InChI=1S/C11H17N3O/c1-13(9-4-5-9)11(15)8-14-6-2-3-10(14)7-12/h9-10H,2-6,8H2,1H3. The maximum Gasteiger partial charge on any atom is 0.236 e. The maximum atomic E-state index is 11.8. The number of likely N-dealkylation sites (N-methyl/N-ethyl adjacent to an activating group) is 1. The first-order chi connectivity index (χ1) is 7.22. The summed E-state index contributed by atoms with van der Waals surface area (Å²) in [5.74, 6) is 0.166. The van der Waals surface area contributed by atoms with E-state index >= 15 is 0 Å². The first-order valence-corrected chi connectivity index (χ1v) is 5.61. The molecule has 1 aliphatic heterocycles. The van der Waals surface area contributed by atoms with Gasteiger partial charge in [-0.25, -0.2) is 0 Å². The largest absolute Gasteiger partial charge is 0.342 e. The SMILES string of the molecule is CN(C(=O)CN1CCCC1C#N)C1CC1. The second-order valence-corrected chi connectivity index (χ2v) is 4.49. The number of nitriles is 1. The van der Waals surface area contributed by atoms with Gasteiger partial charge in [0.2, 0.25) is 5.91 Å². The number of carbonyl (C=O) groups is 1. The van der Waals surface area contributed by atoms with E-state index in [1.165, 1.54) is 0 Å². The van der Waals surface area contributed by atoms with Crippen LogP contribution < -0.4 is 0 Å². The zero-order valence-electron chi connectivity index (χ0n) is 9.15. The Labute approximate surface area is 90.5 Å². The van der Waals surface area contributed by atoms with Gasteiger partial charge in [-0.2, -0.15) is 5.26 Å². The van der Waals surface area contributed by atoms with Crippen LogP contribution in [0.2, 0.25) is 0 Å². The molecule has 1 aliphatic carbocycles. The van der Waals surface area contributed by atoms with Gasteiger partial charge in [0.05, 0.1) is 18.7 Å². The third kappa shape index (κ3) is 2.29. The quantitative estimate of drug-likeness (QED) is 0.680. The van der Waals surface area contributed by atoms with Gasteiger partial charge in [-0.1, -0.05) is 0 Å². The highest BCUT2D eigenvalue weighted by Gasteiger charge is 2.32. The maximum absolute atomic E-state index is 11.8. The van der Waals surface area contributed by atoms with Gasteiger partial charge in [-0.15, -0.1) is 0 Å². The van der Waals surface area contributed by atoms with E-state index in [2.05, 4.69) is 6.07 Å². The van der Waals surface area contributed by atoms with E-state index in [9.17, 15) is 4.79 Å². The zero-order chi connectivity index (χ0) is 10.8. The summed E-state index contributed by atoms with van der Waals surface area (Å²) in [7, 11) is 1.87. The molecule has 1 atom stereocenters. The number of amides is 1. The fourth-order valence-corrected chi connectivity index (χ4v) is 2.11. The number of rotatable bonds is 3. The highest BCUT2D eigenvalue weighted by Crippen LogP contribution is 2.26. The third-order valence-corrected chi connectivity index (χ3v) is 3.34. The van der Waals surface area contributed by atoms with E-state index in [0.717, 1.165) is 32.2 Å². The normalized spacial score (nSPS) is 26.3. The third-order valence-electron chi connectivity index (χ3n) is 3.34. The minimum Gasteiger partial charge on any atom is -0.342 e. The second-order valence-electron chi connectivity index (χ2n) is 4.49. The van der Waals surface area contributed by atoms with Crippen molar-refractivity contribution < 1.29 is 4.79 Å². The lowest BCUT2D eigenvalue weighted by Gasteiger charge is -2.22. The molecule has 2 fully saturated rings. The van der Waals surface area contributed by atoms with E-state index in [1.54, 1.807) is 0 Å². The minimum absolute atomic E-state index is 0.0402. The number of hydrogen-bond donors (Lipinski definition) is 0. The lowest BCUT2D eigenvalue weighted by atomic mass is 10.2. The van der Waals surface area contributed by atoms with Crippen molar-refractivity contribution in [1.29, 1.82) is 5.26 Å². The molecule has 0 aromatic rings. The van der Waals surface area contributed by atoms with Crippen molar-refractivity contribution >= 4 is 5.91 Å². The summed E-state index contributed by atoms with van der Waals surface area (Å²) in [5, 5.41) is 8.89. The van der Waals surface area contributed by atoms with Crippen LogP contribution in [-0.2, 0) is 4.79 Å². The Morgan fingerprint density at radius 1 is 1.53 bits per heavy atom. The molecule has 1 heterocycles. The molecule has 0 spiro atoms. The van der Waals surface area contributed by atoms with Crippen LogP contribution in [0.15, 0.2) is 0 Å². The van der Waals surface area contributed by atoms with Gasteiger partial charge >= 0.3 is 0 Å². The average Bonchev–Trinajstić information content (AvgIpc) is 2.99. The van der Waals surface area contributed by atoms with Gasteiger partial charge in [0.15, 0.2) is 0 Å². The molecule has 15 heavy (non-hydrogen) atoms. The molecule has 82 valence electrons. The van der Waals surface area contributed by atoms with Crippen LogP contribution in [0.1, 0.15) is 25.7 Å². The summed E-state index contributed by atoms with van der Waals surface area (Å²) in [4.78, 5) is 15.7. The van der Waals surface area contributed by atoms with Crippen LogP contribution >= 0.6 is 0 Å². The van der Waals surface area contributed by atoms with Crippen molar-refractivity contribution in [1.82, 2.24) is 9.80 Å². The van der Waals surface area contributed by atoms with Gasteiger partial charge in [0, 0.05) is 19.6 Å². The van der Waals surface area contributed by atoms with Crippen molar-refractivity contribution in [3.05, 3.63) is 0 Å². The lowest BCUT2D eigenvalue weighted by Crippen LogP contribution is -2.41. The lowest BCUT2D eigenvalue weighted by molar-refractivity contribution is -0.131. The van der Waals surface area contributed by atoms with Crippen LogP contribution in [0.5, 0.6) is 0 Å². The molecular formula is C11H17N3O. The number of carbonyl (C=O) groups excluding carboxylic acids is 1. The highest BCUT2D eigenvalue weighted by molar-refractivity contribution is 5.78. The van der Waals surface area contributed by atoms with E-state index in [1.807, 2.05) is 16.8 Å². The van der Waals surface area contributed by atoms with Gasteiger partial charge in [0.25, 0.3) is 0 Å². The van der Waals surface area contributed by atoms with Crippen LogP contribution in [0, 0.1) is 11.3 Å².